The Kier molecular flexibility index (Phi) is 5.21. The number of piperazine rings is 1. The molecule has 1 rings (SSSR count). The van der Waals surface area contributed by atoms with Gasteiger partial charge in [-0.15, -0.1) is 0 Å². The fourth-order valence-corrected chi connectivity index (χ4v) is 1.98. The van der Waals surface area contributed by atoms with Crippen LogP contribution < -0.4 is 5.73 Å². The first kappa shape index (κ1) is 15.0. The summed E-state index contributed by atoms with van der Waals surface area (Å²) in [6.45, 7) is 5.30. The number of hydrogen-bond donors (Lipinski definition) is 2. The predicted molar refractivity (Wildman–Crippen MR) is 61.5 cm³/mol. The van der Waals surface area contributed by atoms with E-state index in [4.69, 9.17) is 10.9 Å². The van der Waals surface area contributed by atoms with Gasteiger partial charge in [-0.1, -0.05) is 12.1 Å². The highest BCUT2D eigenvalue weighted by atomic mass is 19.4. The van der Waals surface area contributed by atoms with E-state index in [1.165, 1.54) is 0 Å². The van der Waals surface area contributed by atoms with Crippen LogP contribution in [0, 0.1) is 5.92 Å². The second-order valence-electron chi connectivity index (χ2n) is 4.35. The molecule has 1 heterocycles. The van der Waals surface area contributed by atoms with Gasteiger partial charge in [0.1, 0.15) is 5.92 Å². The quantitative estimate of drug-likeness (QED) is 0.338. The van der Waals surface area contributed by atoms with Crippen LogP contribution in [0.25, 0.3) is 0 Å². The van der Waals surface area contributed by atoms with Crippen LogP contribution in [0.1, 0.15) is 6.92 Å². The molecule has 0 aromatic heterocycles. The van der Waals surface area contributed by atoms with Gasteiger partial charge >= 0.3 is 6.18 Å². The molecule has 0 spiro atoms. The van der Waals surface area contributed by atoms with Crippen LogP contribution in [0.3, 0.4) is 0 Å². The lowest BCUT2D eigenvalue weighted by Crippen LogP contribution is -2.51. The summed E-state index contributed by atoms with van der Waals surface area (Å²) in [5.74, 6) is -2.68. The van der Waals surface area contributed by atoms with E-state index < -0.39 is 17.9 Å². The topological polar surface area (TPSA) is 65.1 Å². The first-order valence-electron chi connectivity index (χ1n) is 5.87. The van der Waals surface area contributed by atoms with Crippen molar-refractivity contribution in [3.63, 3.8) is 0 Å². The van der Waals surface area contributed by atoms with Crippen LogP contribution >= 0.6 is 0 Å². The average molecular weight is 268 g/mol. The Balaban J connectivity index is 2.58. The van der Waals surface area contributed by atoms with E-state index >= 15 is 0 Å². The summed E-state index contributed by atoms with van der Waals surface area (Å²) in [6.07, 6.45) is -4.49. The van der Waals surface area contributed by atoms with Gasteiger partial charge in [0.15, 0.2) is 5.84 Å². The van der Waals surface area contributed by atoms with Crippen LogP contribution in [0.15, 0.2) is 5.16 Å². The van der Waals surface area contributed by atoms with E-state index in [1.54, 1.807) is 4.90 Å². The van der Waals surface area contributed by atoms with Crippen molar-refractivity contribution in [1.29, 1.82) is 0 Å². The van der Waals surface area contributed by atoms with Crippen LogP contribution in [-0.4, -0.2) is 66.3 Å². The SMILES string of the molecule is CCN1CCN(CC(C(N)=NO)C(F)(F)F)CC1. The maximum Gasteiger partial charge on any atom is 0.400 e. The van der Waals surface area contributed by atoms with E-state index in [9.17, 15) is 13.2 Å². The molecule has 1 unspecified atom stereocenters. The number of nitrogens with zero attached hydrogens (tertiary/aromatic N) is 3. The molecule has 0 radical (unpaired) electrons. The van der Waals surface area contributed by atoms with Crippen molar-refractivity contribution in [2.45, 2.75) is 13.1 Å². The summed E-state index contributed by atoms with van der Waals surface area (Å²) in [5.41, 5.74) is 5.12. The highest BCUT2D eigenvalue weighted by Crippen LogP contribution is 2.27. The molecule has 0 aliphatic carbocycles. The Morgan fingerprint density at radius 3 is 2.17 bits per heavy atom. The monoisotopic (exact) mass is 268 g/mol. The lowest BCUT2D eigenvalue weighted by atomic mass is 10.1. The number of rotatable bonds is 4. The standard InChI is InChI=1S/C10H19F3N4O/c1-2-16-3-5-17(6-4-16)7-8(9(14)15-18)10(11,12)13/h8,18H,2-7H2,1H3,(H2,14,15). The van der Waals surface area contributed by atoms with Crippen molar-refractivity contribution >= 4 is 5.84 Å². The number of amidine groups is 1. The molecule has 1 fully saturated rings. The predicted octanol–water partition coefficient (Wildman–Crippen LogP) is 0.549. The largest absolute Gasteiger partial charge is 0.409 e. The molecular weight excluding hydrogens is 249 g/mol. The highest BCUT2D eigenvalue weighted by Gasteiger charge is 2.43. The van der Waals surface area contributed by atoms with Crippen LogP contribution in [0.5, 0.6) is 0 Å². The third kappa shape index (κ3) is 4.02. The Morgan fingerprint density at radius 1 is 1.28 bits per heavy atom. The number of hydrogen-bond acceptors (Lipinski definition) is 4. The van der Waals surface area contributed by atoms with E-state index in [0.717, 1.165) is 19.6 Å². The maximum absolute atomic E-state index is 12.7. The molecule has 1 aliphatic rings. The Bertz CT molecular complexity index is 287. The van der Waals surface area contributed by atoms with Crippen molar-refractivity contribution in [2.75, 3.05) is 39.3 Å². The summed E-state index contributed by atoms with van der Waals surface area (Å²) >= 11 is 0. The normalized spacial score (nSPS) is 22.1. The second kappa shape index (κ2) is 6.24. The first-order chi connectivity index (χ1) is 8.38. The van der Waals surface area contributed by atoms with Crippen molar-refractivity contribution in [1.82, 2.24) is 9.80 Å². The molecule has 0 amide bonds. The van der Waals surface area contributed by atoms with Gasteiger partial charge in [0.25, 0.3) is 0 Å². The zero-order valence-corrected chi connectivity index (χ0v) is 10.3. The Hall–Kier alpha value is -1.02. The number of nitrogens with two attached hydrogens (primary N) is 1. The molecule has 0 bridgehead atoms. The van der Waals surface area contributed by atoms with Gasteiger partial charge in [-0.05, 0) is 6.54 Å². The van der Waals surface area contributed by atoms with Crippen molar-refractivity contribution in [3.05, 3.63) is 0 Å². The van der Waals surface area contributed by atoms with Gasteiger partial charge in [0.2, 0.25) is 0 Å². The fourth-order valence-electron chi connectivity index (χ4n) is 1.98. The van der Waals surface area contributed by atoms with Crippen molar-refractivity contribution < 1.29 is 18.4 Å². The number of alkyl halides is 3. The van der Waals surface area contributed by atoms with E-state index in [1.807, 2.05) is 6.92 Å². The van der Waals surface area contributed by atoms with E-state index in [0.29, 0.717) is 13.1 Å². The number of likely N-dealkylation sites (N-methyl/N-ethyl adjacent to an activating group) is 1. The summed E-state index contributed by atoms with van der Waals surface area (Å²) in [4.78, 5) is 3.87. The smallest absolute Gasteiger partial charge is 0.400 e. The van der Waals surface area contributed by atoms with Crippen LogP contribution in [0.2, 0.25) is 0 Å². The van der Waals surface area contributed by atoms with Gasteiger partial charge in [-0.25, -0.2) is 0 Å². The Morgan fingerprint density at radius 2 is 1.78 bits per heavy atom. The van der Waals surface area contributed by atoms with Gasteiger partial charge < -0.3 is 15.8 Å². The summed E-state index contributed by atoms with van der Waals surface area (Å²) in [5, 5.41) is 10.9. The molecule has 1 aliphatic heterocycles. The fraction of sp³-hybridized carbons (Fsp3) is 0.900. The maximum atomic E-state index is 12.7. The molecule has 5 nitrogen and oxygen atoms in total. The van der Waals surface area contributed by atoms with Gasteiger partial charge in [-0.3, -0.25) is 4.90 Å². The number of halogens is 3. The molecule has 1 saturated heterocycles. The molecule has 0 aromatic carbocycles. The lowest BCUT2D eigenvalue weighted by molar-refractivity contribution is -0.161. The molecule has 0 saturated carbocycles. The summed E-state index contributed by atoms with van der Waals surface area (Å²) in [7, 11) is 0. The van der Waals surface area contributed by atoms with Gasteiger partial charge in [-0.2, -0.15) is 13.2 Å². The van der Waals surface area contributed by atoms with Crippen LogP contribution in [-0.2, 0) is 0 Å². The minimum atomic E-state index is -4.49. The van der Waals surface area contributed by atoms with Crippen molar-refractivity contribution in [2.24, 2.45) is 16.8 Å². The second-order valence-corrected chi connectivity index (χ2v) is 4.35. The third-order valence-corrected chi connectivity index (χ3v) is 3.22. The minimum absolute atomic E-state index is 0.253. The Labute approximate surface area is 104 Å². The van der Waals surface area contributed by atoms with Crippen molar-refractivity contribution in [3.8, 4) is 0 Å². The highest BCUT2D eigenvalue weighted by molar-refractivity contribution is 5.83. The molecule has 3 N–H and O–H groups in total. The molecule has 18 heavy (non-hydrogen) atoms. The molecular formula is C10H19F3N4O. The molecule has 0 aromatic rings. The molecule has 8 heteroatoms. The summed E-state index contributed by atoms with van der Waals surface area (Å²) in [6, 6.07) is 0. The first-order valence-corrected chi connectivity index (χ1v) is 5.87. The zero-order chi connectivity index (χ0) is 13.8. The van der Waals surface area contributed by atoms with E-state index in [2.05, 4.69) is 10.1 Å². The van der Waals surface area contributed by atoms with Crippen LogP contribution in [0.4, 0.5) is 13.2 Å². The van der Waals surface area contributed by atoms with E-state index in [-0.39, 0.29) is 6.54 Å². The molecule has 106 valence electrons. The molecule has 1 atom stereocenters. The average Bonchev–Trinajstić information content (AvgIpc) is 2.34. The third-order valence-electron chi connectivity index (χ3n) is 3.22. The lowest BCUT2D eigenvalue weighted by Gasteiger charge is -2.36. The summed E-state index contributed by atoms with van der Waals surface area (Å²) < 4.78 is 38.2. The van der Waals surface area contributed by atoms with Gasteiger partial charge in [0.05, 0.1) is 0 Å². The zero-order valence-electron chi connectivity index (χ0n) is 10.3. The van der Waals surface area contributed by atoms with Gasteiger partial charge in [0, 0.05) is 32.7 Å². The number of oxime groups is 1. The minimum Gasteiger partial charge on any atom is -0.409 e.